The normalized spacial score (nSPS) is 14.2. The van der Waals surface area contributed by atoms with Crippen LogP contribution in [-0.4, -0.2) is 69.2 Å². The van der Waals surface area contributed by atoms with E-state index < -0.39 is 0 Å². The molecule has 1 heterocycles. The monoisotopic (exact) mass is 421 g/mol. The second kappa shape index (κ2) is 9.75. The molecule has 1 aromatic carbocycles. The average molecular weight is 422 g/mol. The number of likely N-dealkylation sites (N-methyl/N-ethyl adjacent to an activating group) is 1. The second-order valence-corrected chi connectivity index (χ2v) is 8.11. The maximum Gasteiger partial charge on any atom is 0.224 e. The van der Waals surface area contributed by atoms with Gasteiger partial charge in [-0.25, -0.2) is 9.97 Å². The first-order chi connectivity index (χ1) is 14.8. The van der Waals surface area contributed by atoms with E-state index in [1.807, 2.05) is 62.5 Å². The number of benzene rings is 1. The number of hydrogen-bond acceptors (Lipinski definition) is 6. The van der Waals surface area contributed by atoms with E-state index in [1.54, 1.807) is 7.11 Å². The van der Waals surface area contributed by atoms with Crippen LogP contribution in [0.2, 0.25) is 0 Å². The number of rotatable bonds is 8. The Bertz CT molecular complexity index is 1010. The lowest BCUT2D eigenvalue weighted by atomic mass is 10.0. The topological polar surface area (TPSA) is 70.6 Å². The van der Waals surface area contributed by atoms with Crippen LogP contribution >= 0.6 is 0 Å². The predicted octanol–water partition coefficient (Wildman–Crippen LogP) is 2.95. The number of aromatic nitrogens is 2. The lowest BCUT2D eigenvalue weighted by Crippen LogP contribution is -2.31. The molecule has 3 rings (SSSR count). The molecule has 0 atom stereocenters. The second-order valence-electron chi connectivity index (χ2n) is 8.11. The molecule has 7 nitrogen and oxygen atoms in total. The third kappa shape index (κ3) is 5.30. The fourth-order valence-electron chi connectivity index (χ4n) is 3.56. The smallest absolute Gasteiger partial charge is 0.224 e. The number of allylic oxidation sites excluding steroid dienone is 2. The largest absolute Gasteiger partial charge is 0.497 e. The van der Waals surface area contributed by atoms with Gasteiger partial charge in [0.05, 0.1) is 13.5 Å². The van der Waals surface area contributed by atoms with E-state index in [4.69, 9.17) is 4.74 Å². The van der Waals surface area contributed by atoms with E-state index in [-0.39, 0.29) is 5.91 Å². The van der Waals surface area contributed by atoms with Gasteiger partial charge in [-0.2, -0.15) is 0 Å². The van der Waals surface area contributed by atoms with Crippen molar-refractivity contribution in [1.82, 2.24) is 20.2 Å². The summed E-state index contributed by atoms with van der Waals surface area (Å²) in [5, 5.41) is 3.01. The SMILES string of the molecule is COc1ccc2c(c1)C(CC(=O)NCCN(C)C)=C(C)/C2=C/c1cnc(N(C)C)nc1. The molecule has 1 aromatic heterocycles. The minimum absolute atomic E-state index is 0.0184. The van der Waals surface area contributed by atoms with E-state index in [1.165, 1.54) is 0 Å². The number of hydrogen-bond donors (Lipinski definition) is 1. The van der Waals surface area contributed by atoms with Crippen LogP contribution in [0.5, 0.6) is 5.75 Å². The van der Waals surface area contributed by atoms with E-state index in [0.717, 1.165) is 45.7 Å². The molecular formula is C24H31N5O2. The van der Waals surface area contributed by atoms with Gasteiger partial charge in [-0.1, -0.05) is 6.07 Å². The zero-order chi connectivity index (χ0) is 22.5. The van der Waals surface area contributed by atoms with Gasteiger partial charge in [-0.05, 0) is 67.1 Å². The Labute approximate surface area is 184 Å². The first-order valence-corrected chi connectivity index (χ1v) is 10.3. The molecule has 1 amide bonds. The highest BCUT2D eigenvalue weighted by Gasteiger charge is 2.26. The van der Waals surface area contributed by atoms with Crippen molar-refractivity contribution in [3.63, 3.8) is 0 Å². The number of fused-ring (bicyclic) bond motifs is 1. The summed E-state index contributed by atoms with van der Waals surface area (Å²) in [6.07, 6.45) is 6.04. The van der Waals surface area contributed by atoms with Crippen molar-refractivity contribution in [2.75, 3.05) is 53.3 Å². The van der Waals surface area contributed by atoms with Gasteiger partial charge in [-0.15, -0.1) is 0 Å². The molecule has 0 aliphatic heterocycles. The summed E-state index contributed by atoms with van der Waals surface area (Å²) in [5.74, 6) is 1.46. The van der Waals surface area contributed by atoms with Crippen molar-refractivity contribution in [1.29, 1.82) is 0 Å². The van der Waals surface area contributed by atoms with Gasteiger partial charge in [0.15, 0.2) is 0 Å². The molecule has 0 unspecified atom stereocenters. The van der Waals surface area contributed by atoms with Crippen LogP contribution in [0.25, 0.3) is 17.2 Å². The molecule has 0 fully saturated rings. The first-order valence-electron chi connectivity index (χ1n) is 10.3. The number of nitrogens with one attached hydrogen (secondary N) is 1. The van der Waals surface area contributed by atoms with E-state index >= 15 is 0 Å². The van der Waals surface area contributed by atoms with Crippen LogP contribution in [0.4, 0.5) is 5.95 Å². The van der Waals surface area contributed by atoms with Crippen LogP contribution in [0.3, 0.4) is 0 Å². The number of carbonyl (C=O) groups excluding carboxylic acids is 1. The van der Waals surface area contributed by atoms with Crippen molar-refractivity contribution in [2.24, 2.45) is 0 Å². The predicted molar refractivity (Wildman–Crippen MR) is 126 cm³/mol. The van der Waals surface area contributed by atoms with Crippen LogP contribution in [-0.2, 0) is 4.79 Å². The molecule has 1 aliphatic carbocycles. The number of nitrogens with zero attached hydrogens (tertiary/aromatic N) is 4. The Hall–Kier alpha value is -3.19. The molecule has 7 heteroatoms. The summed E-state index contributed by atoms with van der Waals surface area (Å²) in [4.78, 5) is 25.4. The fourth-order valence-corrected chi connectivity index (χ4v) is 3.56. The Morgan fingerprint density at radius 3 is 2.45 bits per heavy atom. The third-order valence-corrected chi connectivity index (χ3v) is 5.29. The van der Waals surface area contributed by atoms with E-state index in [0.29, 0.717) is 18.9 Å². The third-order valence-electron chi connectivity index (χ3n) is 5.29. The summed E-state index contributed by atoms with van der Waals surface area (Å²) >= 11 is 0. The van der Waals surface area contributed by atoms with Gasteiger partial charge in [0.1, 0.15) is 5.75 Å². The van der Waals surface area contributed by atoms with Crippen LogP contribution in [0.15, 0.2) is 36.2 Å². The highest BCUT2D eigenvalue weighted by Crippen LogP contribution is 2.44. The Morgan fingerprint density at radius 2 is 1.84 bits per heavy atom. The van der Waals surface area contributed by atoms with Crippen LogP contribution in [0, 0.1) is 0 Å². The minimum Gasteiger partial charge on any atom is -0.497 e. The Kier molecular flexibility index (Phi) is 7.07. The quantitative estimate of drug-likeness (QED) is 0.707. The molecule has 0 radical (unpaired) electrons. The molecule has 0 saturated heterocycles. The maximum absolute atomic E-state index is 12.6. The van der Waals surface area contributed by atoms with Gasteiger partial charge in [0.2, 0.25) is 11.9 Å². The standard InChI is InChI=1S/C24H31N5O2/c1-16-20(11-17-14-26-24(27-15-17)29(4)5)19-8-7-18(31-6)12-22(19)21(16)13-23(30)25-9-10-28(2)3/h7-8,11-12,14-15H,9-10,13H2,1-6H3,(H,25,30)/b20-11-. The van der Waals surface area contributed by atoms with E-state index in [9.17, 15) is 4.79 Å². The molecule has 0 spiro atoms. The number of ether oxygens (including phenoxy) is 1. The minimum atomic E-state index is 0.0184. The van der Waals surface area contributed by atoms with Crippen molar-refractivity contribution in [3.8, 4) is 5.75 Å². The summed E-state index contributed by atoms with van der Waals surface area (Å²) in [6, 6.07) is 6.01. The number of anilines is 1. The number of methoxy groups -OCH3 is 1. The molecule has 0 saturated carbocycles. The summed E-state index contributed by atoms with van der Waals surface area (Å²) < 4.78 is 5.44. The van der Waals surface area contributed by atoms with Gasteiger partial charge < -0.3 is 19.9 Å². The summed E-state index contributed by atoms with van der Waals surface area (Å²) in [7, 11) is 9.46. The molecular weight excluding hydrogens is 390 g/mol. The number of amides is 1. The molecule has 31 heavy (non-hydrogen) atoms. The van der Waals surface area contributed by atoms with Crippen molar-refractivity contribution in [2.45, 2.75) is 13.3 Å². The van der Waals surface area contributed by atoms with Crippen molar-refractivity contribution < 1.29 is 9.53 Å². The molecule has 2 aromatic rings. The average Bonchev–Trinajstić information content (AvgIpc) is 2.99. The van der Waals surface area contributed by atoms with Gasteiger partial charge >= 0.3 is 0 Å². The maximum atomic E-state index is 12.6. The van der Waals surface area contributed by atoms with Gasteiger partial charge in [0.25, 0.3) is 0 Å². The fraction of sp³-hybridized carbons (Fsp3) is 0.375. The molecule has 1 aliphatic rings. The number of carbonyl (C=O) groups is 1. The highest BCUT2D eigenvalue weighted by atomic mass is 16.5. The zero-order valence-electron chi connectivity index (χ0n) is 19.2. The van der Waals surface area contributed by atoms with Crippen LogP contribution in [0.1, 0.15) is 30.0 Å². The lowest BCUT2D eigenvalue weighted by molar-refractivity contribution is -0.120. The van der Waals surface area contributed by atoms with E-state index in [2.05, 4.69) is 34.4 Å². The Morgan fingerprint density at radius 1 is 1.13 bits per heavy atom. The summed E-state index contributed by atoms with van der Waals surface area (Å²) in [6.45, 7) is 3.50. The van der Waals surface area contributed by atoms with Crippen molar-refractivity contribution >= 4 is 29.1 Å². The van der Waals surface area contributed by atoms with Gasteiger partial charge in [-0.3, -0.25) is 4.79 Å². The zero-order valence-corrected chi connectivity index (χ0v) is 19.2. The highest BCUT2D eigenvalue weighted by molar-refractivity contribution is 6.08. The molecule has 1 N–H and O–H groups in total. The van der Waals surface area contributed by atoms with Gasteiger partial charge in [0, 0.05) is 45.1 Å². The first kappa shape index (κ1) is 22.5. The molecule has 0 bridgehead atoms. The summed E-state index contributed by atoms with van der Waals surface area (Å²) in [5.41, 5.74) is 6.23. The van der Waals surface area contributed by atoms with Crippen molar-refractivity contribution in [3.05, 3.63) is 52.9 Å². The lowest BCUT2D eigenvalue weighted by Gasteiger charge is -2.12. The molecule has 164 valence electrons. The Balaban J connectivity index is 1.93. The van der Waals surface area contributed by atoms with Crippen LogP contribution < -0.4 is 15.0 Å².